The van der Waals surface area contributed by atoms with Gasteiger partial charge in [0.25, 0.3) is 0 Å². The van der Waals surface area contributed by atoms with Crippen LogP contribution in [0.3, 0.4) is 0 Å². The maximum atomic E-state index is 13.1. The van der Waals surface area contributed by atoms with Gasteiger partial charge in [-0.05, 0) is 53.4 Å². The van der Waals surface area contributed by atoms with Crippen LogP contribution in [0.5, 0.6) is 0 Å². The molecule has 0 aliphatic carbocycles. The van der Waals surface area contributed by atoms with Crippen LogP contribution in [0.2, 0.25) is 0 Å². The van der Waals surface area contributed by atoms with E-state index < -0.39 is 0 Å². The normalized spacial score (nSPS) is 19.1. The van der Waals surface area contributed by atoms with E-state index in [0.717, 1.165) is 22.3 Å². The highest BCUT2D eigenvalue weighted by Crippen LogP contribution is 2.24. The monoisotopic (exact) mass is 363 g/mol. The number of benzene rings is 2. The van der Waals surface area contributed by atoms with E-state index in [1.165, 1.54) is 17.7 Å². The third kappa shape index (κ3) is 4.81. The standard InChI is InChI=1S/C24H26FNO/c1-24(2,3)21-9-5-17(6-10-21)13-19-15-26(4)16-20(23(19)27)14-18-7-11-22(25)12-8-18/h5-14H,15-16H2,1-4H3/b19-13+,20-14+. The van der Waals surface area contributed by atoms with Gasteiger partial charge in [0.2, 0.25) is 0 Å². The molecule has 0 spiro atoms. The Balaban J connectivity index is 1.88. The van der Waals surface area contributed by atoms with Crippen molar-refractivity contribution < 1.29 is 9.18 Å². The van der Waals surface area contributed by atoms with Gasteiger partial charge in [0, 0.05) is 24.2 Å². The highest BCUT2D eigenvalue weighted by atomic mass is 19.1. The number of likely N-dealkylation sites (N-methyl/N-ethyl adjacent to an activating group) is 1. The Morgan fingerprint density at radius 2 is 1.30 bits per heavy atom. The molecule has 0 N–H and O–H groups in total. The molecule has 0 amide bonds. The van der Waals surface area contributed by atoms with Crippen molar-refractivity contribution in [2.24, 2.45) is 0 Å². The molecule has 0 bridgehead atoms. The van der Waals surface area contributed by atoms with Gasteiger partial charge in [0.15, 0.2) is 5.78 Å². The maximum absolute atomic E-state index is 13.1. The van der Waals surface area contributed by atoms with E-state index in [9.17, 15) is 9.18 Å². The first-order chi connectivity index (χ1) is 12.7. The average molecular weight is 363 g/mol. The number of rotatable bonds is 2. The van der Waals surface area contributed by atoms with Crippen molar-refractivity contribution in [2.45, 2.75) is 26.2 Å². The molecule has 2 aromatic rings. The smallest absolute Gasteiger partial charge is 0.187 e. The first-order valence-corrected chi connectivity index (χ1v) is 9.23. The van der Waals surface area contributed by atoms with Gasteiger partial charge >= 0.3 is 0 Å². The Bertz CT molecular complexity index is 883. The van der Waals surface area contributed by atoms with E-state index in [0.29, 0.717) is 13.1 Å². The highest BCUT2D eigenvalue weighted by Gasteiger charge is 2.24. The minimum absolute atomic E-state index is 0.0670. The van der Waals surface area contributed by atoms with Crippen LogP contribution in [0.25, 0.3) is 12.2 Å². The van der Waals surface area contributed by atoms with Crippen LogP contribution < -0.4 is 0 Å². The quantitative estimate of drug-likeness (QED) is 0.692. The molecule has 0 unspecified atom stereocenters. The predicted octanol–water partition coefficient (Wildman–Crippen LogP) is 5.10. The van der Waals surface area contributed by atoms with Crippen LogP contribution in [0.4, 0.5) is 4.39 Å². The number of ketones is 1. The Hall–Kier alpha value is -2.52. The third-order valence-electron chi connectivity index (χ3n) is 4.79. The summed E-state index contributed by atoms with van der Waals surface area (Å²) in [6.45, 7) is 7.78. The average Bonchev–Trinajstić information content (AvgIpc) is 2.60. The van der Waals surface area contributed by atoms with Crippen molar-refractivity contribution in [1.82, 2.24) is 4.90 Å². The molecule has 1 saturated heterocycles. The molecule has 1 aliphatic heterocycles. The van der Waals surface area contributed by atoms with Gasteiger partial charge < -0.3 is 0 Å². The largest absolute Gasteiger partial charge is 0.298 e. The van der Waals surface area contributed by atoms with Crippen molar-refractivity contribution >= 4 is 17.9 Å². The fraction of sp³-hybridized carbons (Fsp3) is 0.292. The number of nitrogens with zero attached hydrogens (tertiary/aromatic N) is 1. The summed E-state index contributed by atoms with van der Waals surface area (Å²) in [5.41, 5.74) is 4.76. The number of hydrogen-bond donors (Lipinski definition) is 0. The summed E-state index contributed by atoms with van der Waals surface area (Å²) in [5.74, 6) is -0.208. The Labute approximate surface area is 161 Å². The summed E-state index contributed by atoms with van der Waals surface area (Å²) >= 11 is 0. The van der Waals surface area contributed by atoms with Crippen molar-refractivity contribution in [1.29, 1.82) is 0 Å². The second kappa shape index (κ2) is 7.61. The molecule has 1 fully saturated rings. The van der Waals surface area contributed by atoms with Gasteiger partial charge in [-0.3, -0.25) is 9.69 Å². The van der Waals surface area contributed by atoms with Crippen molar-refractivity contribution in [3.8, 4) is 0 Å². The second-order valence-electron chi connectivity index (χ2n) is 8.26. The first kappa shape index (κ1) is 19.2. The summed E-state index contributed by atoms with van der Waals surface area (Å²) in [7, 11) is 2.00. The third-order valence-corrected chi connectivity index (χ3v) is 4.79. The topological polar surface area (TPSA) is 20.3 Å². The van der Waals surface area contributed by atoms with Crippen LogP contribution in [-0.4, -0.2) is 30.8 Å². The molecular formula is C24H26FNO. The number of hydrogen-bond acceptors (Lipinski definition) is 2. The summed E-state index contributed by atoms with van der Waals surface area (Å²) in [5, 5.41) is 0. The summed E-state index contributed by atoms with van der Waals surface area (Å²) < 4.78 is 13.1. The first-order valence-electron chi connectivity index (χ1n) is 9.23. The van der Waals surface area contributed by atoms with Gasteiger partial charge in [-0.25, -0.2) is 4.39 Å². The van der Waals surface area contributed by atoms with Gasteiger partial charge in [-0.2, -0.15) is 0 Å². The number of piperidine rings is 1. The van der Waals surface area contributed by atoms with Crippen LogP contribution >= 0.6 is 0 Å². The molecule has 2 nitrogen and oxygen atoms in total. The molecule has 27 heavy (non-hydrogen) atoms. The Kier molecular flexibility index (Phi) is 5.43. The summed E-state index contributed by atoms with van der Waals surface area (Å²) in [4.78, 5) is 15.1. The van der Waals surface area contributed by atoms with Crippen LogP contribution in [0.15, 0.2) is 59.7 Å². The molecular weight excluding hydrogens is 337 g/mol. The lowest BCUT2D eigenvalue weighted by molar-refractivity contribution is -0.113. The summed E-state index contributed by atoms with van der Waals surface area (Å²) in [6, 6.07) is 14.6. The van der Waals surface area contributed by atoms with Gasteiger partial charge in [-0.15, -0.1) is 0 Å². The van der Waals surface area contributed by atoms with Crippen molar-refractivity contribution in [3.63, 3.8) is 0 Å². The van der Waals surface area contributed by atoms with Gasteiger partial charge in [0.05, 0.1) is 0 Å². The molecule has 140 valence electrons. The van der Waals surface area contributed by atoms with Crippen LogP contribution in [-0.2, 0) is 10.2 Å². The van der Waals surface area contributed by atoms with Crippen molar-refractivity contribution in [3.05, 3.63) is 82.2 Å². The number of carbonyl (C=O) groups excluding carboxylic acids is 1. The molecule has 0 aromatic heterocycles. The fourth-order valence-electron chi connectivity index (χ4n) is 3.25. The number of Topliss-reactive ketones (excluding diaryl/α,β-unsaturated/α-hetero) is 1. The fourth-order valence-corrected chi connectivity index (χ4v) is 3.25. The SMILES string of the molecule is CN1C/C(=C\c2ccc(F)cc2)C(=O)/C(=C/c2ccc(C(C)(C)C)cc2)C1. The van der Waals surface area contributed by atoms with E-state index in [2.05, 4.69) is 49.9 Å². The zero-order chi connectivity index (χ0) is 19.6. The molecule has 3 rings (SSSR count). The lowest BCUT2D eigenvalue weighted by atomic mass is 9.86. The molecule has 3 heteroatoms. The summed E-state index contributed by atoms with van der Waals surface area (Å²) in [6.07, 6.45) is 3.83. The zero-order valence-corrected chi connectivity index (χ0v) is 16.4. The van der Waals surface area contributed by atoms with E-state index in [-0.39, 0.29) is 17.0 Å². The molecule has 2 aromatic carbocycles. The molecule has 0 atom stereocenters. The van der Waals surface area contributed by atoms with E-state index in [1.807, 2.05) is 19.2 Å². The molecule has 1 heterocycles. The van der Waals surface area contributed by atoms with E-state index in [1.54, 1.807) is 12.1 Å². The molecule has 0 saturated carbocycles. The maximum Gasteiger partial charge on any atom is 0.187 e. The van der Waals surface area contributed by atoms with Crippen LogP contribution in [0, 0.1) is 5.82 Å². The van der Waals surface area contributed by atoms with Crippen molar-refractivity contribution in [2.75, 3.05) is 20.1 Å². The minimum atomic E-state index is -0.275. The van der Waals surface area contributed by atoms with Gasteiger partial charge in [-0.1, -0.05) is 57.2 Å². The van der Waals surface area contributed by atoms with Gasteiger partial charge in [0.1, 0.15) is 5.82 Å². The second-order valence-corrected chi connectivity index (χ2v) is 8.26. The number of carbonyl (C=O) groups is 1. The minimum Gasteiger partial charge on any atom is -0.298 e. The highest BCUT2D eigenvalue weighted by molar-refractivity contribution is 6.14. The zero-order valence-electron chi connectivity index (χ0n) is 16.4. The lowest BCUT2D eigenvalue weighted by Crippen LogP contribution is -2.34. The van der Waals surface area contributed by atoms with Crippen LogP contribution in [0.1, 0.15) is 37.5 Å². The number of likely N-dealkylation sites (tertiary alicyclic amines) is 1. The Morgan fingerprint density at radius 1 is 0.852 bits per heavy atom. The Morgan fingerprint density at radius 3 is 1.74 bits per heavy atom. The predicted molar refractivity (Wildman–Crippen MR) is 110 cm³/mol. The van der Waals surface area contributed by atoms with E-state index in [4.69, 9.17) is 0 Å². The number of halogens is 1. The molecule has 0 radical (unpaired) electrons. The lowest BCUT2D eigenvalue weighted by Gasteiger charge is -2.26. The molecule has 1 aliphatic rings. The van der Waals surface area contributed by atoms with E-state index >= 15 is 0 Å².